The molecule has 4 nitrogen and oxygen atoms in total. The summed E-state index contributed by atoms with van der Waals surface area (Å²) in [7, 11) is 1.62. The van der Waals surface area contributed by atoms with Crippen molar-refractivity contribution in [1.29, 1.82) is 0 Å². The molecule has 0 saturated carbocycles. The summed E-state index contributed by atoms with van der Waals surface area (Å²) in [5.74, 6) is 0.675. The van der Waals surface area contributed by atoms with Crippen LogP contribution in [0.25, 0.3) is 0 Å². The lowest BCUT2D eigenvalue weighted by atomic mass is 10.1. The summed E-state index contributed by atoms with van der Waals surface area (Å²) in [6.07, 6.45) is 1.62. The quantitative estimate of drug-likeness (QED) is 0.768. The number of carbonyl (C=O) groups excluding carboxylic acids is 2. The summed E-state index contributed by atoms with van der Waals surface area (Å²) >= 11 is 0. The van der Waals surface area contributed by atoms with Crippen LogP contribution in [0.5, 0.6) is 5.75 Å². The van der Waals surface area contributed by atoms with Gasteiger partial charge in [0.2, 0.25) is 11.8 Å². The second-order valence-electron chi connectivity index (χ2n) is 4.53. The molecule has 96 valence electrons. The predicted octanol–water partition coefficient (Wildman–Crippen LogP) is 2.04. The summed E-state index contributed by atoms with van der Waals surface area (Å²) in [5, 5.41) is 0. The number of benzene rings is 1. The second kappa shape index (κ2) is 5.21. The van der Waals surface area contributed by atoms with Crippen LogP contribution in [0.1, 0.15) is 30.4 Å². The van der Waals surface area contributed by atoms with Crippen LogP contribution >= 0.6 is 0 Å². The van der Waals surface area contributed by atoms with Gasteiger partial charge in [-0.1, -0.05) is 12.1 Å². The van der Waals surface area contributed by atoms with Crippen LogP contribution in [0.2, 0.25) is 0 Å². The average molecular weight is 247 g/mol. The number of imide groups is 1. The molecule has 1 saturated heterocycles. The number of ether oxygens (including phenoxy) is 1. The Morgan fingerprint density at radius 3 is 2.44 bits per heavy atom. The maximum absolute atomic E-state index is 11.7. The van der Waals surface area contributed by atoms with E-state index in [0.717, 1.165) is 16.9 Å². The Balaban J connectivity index is 2.15. The number of piperidine rings is 1. The van der Waals surface area contributed by atoms with Crippen molar-refractivity contribution >= 4 is 11.8 Å². The number of hydrogen-bond donors (Lipinski definition) is 0. The zero-order valence-electron chi connectivity index (χ0n) is 10.7. The monoisotopic (exact) mass is 247 g/mol. The first kappa shape index (κ1) is 12.6. The highest BCUT2D eigenvalue weighted by molar-refractivity contribution is 5.97. The van der Waals surface area contributed by atoms with E-state index in [9.17, 15) is 9.59 Å². The number of methoxy groups -OCH3 is 1. The lowest BCUT2D eigenvalue weighted by molar-refractivity contribution is -0.148. The fraction of sp³-hybridized carbons (Fsp3) is 0.429. The average Bonchev–Trinajstić information content (AvgIpc) is 2.34. The number of amides is 2. The summed E-state index contributed by atoms with van der Waals surface area (Å²) in [6, 6.07) is 5.71. The van der Waals surface area contributed by atoms with Gasteiger partial charge in [0.05, 0.1) is 13.7 Å². The maximum Gasteiger partial charge on any atom is 0.229 e. The molecule has 18 heavy (non-hydrogen) atoms. The van der Waals surface area contributed by atoms with Gasteiger partial charge in [0.1, 0.15) is 5.75 Å². The third-order valence-corrected chi connectivity index (χ3v) is 3.18. The third-order valence-electron chi connectivity index (χ3n) is 3.18. The Bertz CT molecular complexity index is 466. The Morgan fingerprint density at radius 1 is 1.22 bits per heavy atom. The summed E-state index contributed by atoms with van der Waals surface area (Å²) < 4.78 is 5.18. The highest BCUT2D eigenvalue weighted by atomic mass is 16.5. The topological polar surface area (TPSA) is 46.6 Å². The lowest BCUT2D eigenvalue weighted by Gasteiger charge is -2.25. The van der Waals surface area contributed by atoms with E-state index in [4.69, 9.17) is 4.74 Å². The normalized spacial score (nSPS) is 16.0. The zero-order chi connectivity index (χ0) is 13.1. The van der Waals surface area contributed by atoms with E-state index in [-0.39, 0.29) is 11.8 Å². The zero-order valence-corrected chi connectivity index (χ0v) is 10.7. The molecular weight excluding hydrogens is 230 g/mol. The van der Waals surface area contributed by atoms with Crippen LogP contribution < -0.4 is 4.74 Å². The molecular formula is C14H17NO3. The number of aryl methyl sites for hydroxylation is 1. The minimum atomic E-state index is -0.0697. The minimum Gasteiger partial charge on any atom is -0.496 e. The molecule has 1 aromatic carbocycles. The molecule has 0 spiro atoms. The Hall–Kier alpha value is -1.84. The van der Waals surface area contributed by atoms with Gasteiger partial charge in [-0.3, -0.25) is 14.5 Å². The second-order valence-corrected chi connectivity index (χ2v) is 4.53. The van der Waals surface area contributed by atoms with Crippen molar-refractivity contribution in [3.63, 3.8) is 0 Å². The van der Waals surface area contributed by atoms with E-state index in [1.54, 1.807) is 7.11 Å². The SMILES string of the molecule is COc1ccc(CN2C(=O)CCCC2=O)cc1C. The molecule has 1 aliphatic rings. The summed E-state index contributed by atoms with van der Waals surface area (Å²) in [4.78, 5) is 24.7. The van der Waals surface area contributed by atoms with Crippen molar-refractivity contribution < 1.29 is 14.3 Å². The van der Waals surface area contributed by atoms with E-state index in [1.165, 1.54) is 4.90 Å². The van der Waals surface area contributed by atoms with Crippen molar-refractivity contribution in [2.24, 2.45) is 0 Å². The smallest absolute Gasteiger partial charge is 0.229 e. The lowest BCUT2D eigenvalue weighted by Crippen LogP contribution is -2.39. The Labute approximate surface area is 107 Å². The largest absolute Gasteiger partial charge is 0.496 e. The van der Waals surface area contributed by atoms with Crippen LogP contribution in [-0.4, -0.2) is 23.8 Å². The van der Waals surface area contributed by atoms with Crippen LogP contribution in [0.15, 0.2) is 18.2 Å². The fourth-order valence-corrected chi connectivity index (χ4v) is 2.20. The molecule has 0 bridgehead atoms. The first-order valence-corrected chi connectivity index (χ1v) is 6.08. The van der Waals surface area contributed by atoms with E-state index in [1.807, 2.05) is 25.1 Å². The van der Waals surface area contributed by atoms with Gasteiger partial charge in [-0.05, 0) is 30.5 Å². The summed E-state index contributed by atoms with van der Waals surface area (Å²) in [6.45, 7) is 2.31. The van der Waals surface area contributed by atoms with Gasteiger partial charge in [0, 0.05) is 12.8 Å². The molecule has 1 aromatic rings. The first-order valence-electron chi connectivity index (χ1n) is 6.08. The standard InChI is InChI=1S/C14H17NO3/c1-10-8-11(6-7-12(10)18-2)9-15-13(16)4-3-5-14(15)17/h6-8H,3-5,9H2,1-2H3. The molecule has 0 radical (unpaired) electrons. The van der Waals surface area contributed by atoms with Crippen LogP contribution in [0.3, 0.4) is 0 Å². The van der Waals surface area contributed by atoms with E-state index < -0.39 is 0 Å². The molecule has 1 fully saturated rings. The van der Waals surface area contributed by atoms with Crippen LogP contribution in [-0.2, 0) is 16.1 Å². The van der Waals surface area contributed by atoms with Crippen LogP contribution in [0, 0.1) is 6.92 Å². The Kier molecular flexibility index (Phi) is 3.65. The molecule has 4 heteroatoms. The molecule has 0 unspecified atom stereocenters. The van der Waals surface area contributed by atoms with Crippen molar-refractivity contribution in [2.45, 2.75) is 32.7 Å². The molecule has 2 rings (SSSR count). The van der Waals surface area contributed by atoms with E-state index in [0.29, 0.717) is 25.8 Å². The molecule has 1 heterocycles. The van der Waals surface area contributed by atoms with E-state index in [2.05, 4.69) is 0 Å². The molecule has 0 atom stereocenters. The number of rotatable bonds is 3. The van der Waals surface area contributed by atoms with Gasteiger partial charge in [-0.25, -0.2) is 0 Å². The van der Waals surface area contributed by atoms with Gasteiger partial charge in [-0.15, -0.1) is 0 Å². The fourth-order valence-electron chi connectivity index (χ4n) is 2.20. The molecule has 0 N–H and O–H groups in total. The van der Waals surface area contributed by atoms with Crippen molar-refractivity contribution in [1.82, 2.24) is 4.90 Å². The van der Waals surface area contributed by atoms with Gasteiger partial charge >= 0.3 is 0 Å². The highest BCUT2D eigenvalue weighted by Gasteiger charge is 2.25. The first-order chi connectivity index (χ1) is 8.61. The predicted molar refractivity (Wildman–Crippen MR) is 67.1 cm³/mol. The van der Waals surface area contributed by atoms with E-state index >= 15 is 0 Å². The maximum atomic E-state index is 11.7. The Morgan fingerprint density at radius 2 is 1.89 bits per heavy atom. The van der Waals surface area contributed by atoms with Crippen molar-refractivity contribution in [3.05, 3.63) is 29.3 Å². The molecule has 0 aromatic heterocycles. The third kappa shape index (κ3) is 2.53. The van der Waals surface area contributed by atoms with Gasteiger partial charge < -0.3 is 4.74 Å². The number of carbonyl (C=O) groups is 2. The minimum absolute atomic E-state index is 0.0697. The number of likely N-dealkylation sites (tertiary alicyclic amines) is 1. The van der Waals surface area contributed by atoms with Gasteiger partial charge in [0.15, 0.2) is 0 Å². The number of hydrogen-bond acceptors (Lipinski definition) is 3. The molecule has 1 aliphatic heterocycles. The summed E-state index contributed by atoms with van der Waals surface area (Å²) in [5.41, 5.74) is 1.96. The highest BCUT2D eigenvalue weighted by Crippen LogP contribution is 2.21. The van der Waals surface area contributed by atoms with Crippen molar-refractivity contribution in [3.8, 4) is 5.75 Å². The van der Waals surface area contributed by atoms with Gasteiger partial charge in [0.25, 0.3) is 0 Å². The number of nitrogens with zero attached hydrogens (tertiary/aromatic N) is 1. The van der Waals surface area contributed by atoms with Gasteiger partial charge in [-0.2, -0.15) is 0 Å². The van der Waals surface area contributed by atoms with Crippen LogP contribution in [0.4, 0.5) is 0 Å². The molecule has 2 amide bonds. The molecule has 0 aliphatic carbocycles. The van der Waals surface area contributed by atoms with Crippen molar-refractivity contribution in [2.75, 3.05) is 7.11 Å².